The Kier molecular flexibility index (Phi) is 4.34. The Balaban J connectivity index is 2.00. The second-order valence-electron chi connectivity index (χ2n) is 5.20. The molecule has 24 heavy (non-hydrogen) atoms. The van der Waals surface area contributed by atoms with E-state index >= 15 is 0 Å². The molecule has 1 aliphatic rings. The van der Waals surface area contributed by atoms with Gasteiger partial charge in [-0.25, -0.2) is 8.78 Å². The third-order valence-corrected chi connectivity index (χ3v) is 4.08. The van der Waals surface area contributed by atoms with Crippen molar-refractivity contribution >= 4 is 46.6 Å². The molecule has 3 rings (SSSR count). The van der Waals surface area contributed by atoms with Gasteiger partial charge in [0.05, 0.1) is 5.69 Å². The number of amides is 1. The summed E-state index contributed by atoms with van der Waals surface area (Å²) in [4.78, 5) is 13.9. The topological polar surface area (TPSA) is 32.3 Å². The number of benzene rings is 2. The summed E-state index contributed by atoms with van der Waals surface area (Å²) in [5.74, 6) is -2.46. The van der Waals surface area contributed by atoms with Gasteiger partial charge in [0.15, 0.2) is 16.7 Å². The maximum atomic E-state index is 13.8. The van der Waals surface area contributed by atoms with E-state index in [1.807, 2.05) is 0 Å². The molecule has 1 N–H and O–H groups in total. The number of carbonyl (C=O) groups excluding carboxylic acids is 1. The van der Waals surface area contributed by atoms with Crippen molar-refractivity contribution in [1.29, 1.82) is 0 Å². The van der Waals surface area contributed by atoms with Gasteiger partial charge >= 0.3 is 0 Å². The van der Waals surface area contributed by atoms with Crippen LogP contribution >= 0.6 is 23.8 Å². The number of thiocarbonyl (C=S) groups is 1. The number of rotatable bonds is 2. The quantitative estimate of drug-likeness (QED) is 0.640. The number of nitrogens with one attached hydrogen (secondary N) is 1. The van der Waals surface area contributed by atoms with Crippen LogP contribution in [0.3, 0.4) is 0 Å². The van der Waals surface area contributed by atoms with Crippen molar-refractivity contribution in [2.75, 3.05) is 4.90 Å². The number of hydrogen-bond donors (Lipinski definition) is 1. The third kappa shape index (κ3) is 2.90. The molecule has 2 aromatic rings. The van der Waals surface area contributed by atoms with Gasteiger partial charge in [-0.2, -0.15) is 0 Å². The fraction of sp³-hybridized carbons (Fsp3) is 0.0588. The summed E-state index contributed by atoms with van der Waals surface area (Å²) in [6.45, 7) is 1.80. The van der Waals surface area contributed by atoms with Crippen LogP contribution in [-0.4, -0.2) is 11.0 Å². The number of carbonyl (C=O) groups is 1. The van der Waals surface area contributed by atoms with Gasteiger partial charge in [0.1, 0.15) is 5.70 Å². The van der Waals surface area contributed by atoms with Crippen LogP contribution in [-0.2, 0) is 4.79 Å². The Hall–Kier alpha value is -2.31. The number of hydrogen-bond acceptors (Lipinski definition) is 2. The van der Waals surface area contributed by atoms with Gasteiger partial charge in [-0.3, -0.25) is 9.69 Å². The summed E-state index contributed by atoms with van der Waals surface area (Å²) in [7, 11) is 0. The van der Waals surface area contributed by atoms with Crippen molar-refractivity contribution in [3.63, 3.8) is 0 Å². The highest BCUT2D eigenvalue weighted by Gasteiger charge is 2.33. The van der Waals surface area contributed by atoms with E-state index in [1.54, 1.807) is 25.1 Å². The first-order valence-corrected chi connectivity index (χ1v) is 7.74. The summed E-state index contributed by atoms with van der Waals surface area (Å²) in [6, 6.07) is 8.78. The zero-order valence-corrected chi connectivity index (χ0v) is 14.0. The molecule has 3 nitrogen and oxygen atoms in total. The minimum absolute atomic E-state index is 0.0386. The number of halogens is 3. The maximum Gasteiger partial charge on any atom is 0.281 e. The molecular weight excluding hydrogens is 354 g/mol. The molecule has 0 aliphatic carbocycles. The van der Waals surface area contributed by atoms with E-state index in [9.17, 15) is 13.6 Å². The van der Waals surface area contributed by atoms with E-state index in [0.29, 0.717) is 10.7 Å². The standard InChI is InChI=1S/C17H11ClF2N2OS/c1-9-7-11(18)5-6-14(9)22-16(23)13(21-17(22)24)8-10-3-2-4-12(19)15(10)20/h2-8H,1H3,(H,21,24)/b13-8-. The molecule has 0 atom stereocenters. The predicted molar refractivity (Wildman–Crippen MR) is 93.7 cm³/mol. The van der Waals surface area contributed by atoms with E-state index in [0.717, 1.165) is 11.6 Å². The molecule has 0 saturated carbocycles. The lowest BCUT2D eigenvalue weighted by molar-refractivity contribution is -0.113. The van der Waals surface area contributed by atoms with E-state index in [2.05, 4.69) is 5.32 Å². The molecule has 1 heterocycles. The minimum Gasteiger partial charge on any atom is -0.327 e. The van der Waals surface area contributed by atoms with Gasteiger partial charge < -0.3 is 5.32 Å². The van der Waals surface area contributed by atoms with E-state index in [-0.39, 0.29) is 16.4 Å². The highest BCUT2D eigenvalue weighted by molar-refractivity contribution is 7.80. The summed E-state index contributed by atoms with van der Waals surface area (Å²) in [5, 5.41) is 3.44. The monoisotopic (exact) mass is 364 g/mol. The van der Waals surface area contributed by atoms with E-state index in [1.165, 1.54) is 23.1 Å². The average molecular weight is 365 g/mol. The normalized spacial score (nSPS) is 16.0. The number of nitrogens with zero attached hydrogens (tertiary/aromatic N) is 1. The predicted octanol–water partition coefficient (Wildman–Crippen LogP) is 4.19. The molecule has 0 spiro atoms. The highest BCUT2D eigenvalue weighted by atomic mass is 35.5. The third-order valence-electron chi connectivity index (χ3n) is 3.56. The average Bonchev–Trinajstić information content (AvgIpc) is 2.79. The van der Waals surface area contributed by atoms with Crippen molar-refractivity contribution in [1.82, 2.24) is 5.32 Å². The lowest BCUT2D eigenvalue weighted by Crippen LogP contribution is -2.30. The second-order valence-corrected chi connectivity index (χ2v) is 6.03. The van der Waals surface area contributed by atoms with Crippen molar-refractivity contribution in [2.45, 2.75) is 6.92 Å². The zero-order valence-electron chi connectivity index (χ0n) is 12.4. The van der Waals surface area contributed by atoms with Crippen LogP contribution in [0.2, 0.25) is 5.02 Å². The molecule has 1 fully saturated rings. The van der Waals surface area contributed by atoms with E-state index < -0.39 is 17.5 Å². The summed E-state index contributed by atoms with van der Waals surface area (Å²) < 4.78 is 27.1. The molecule has 1 saturated heterocycles. The Morgan fingerprint density at radius 2 is 2.00 bits per heavy atom. The minimum atomic E-state index is -1.02. The lowest BCUT2D eigenvalue weighted by atomic mass is 10.1. The fourth-order valence-electron chi connectivity index (χ4n) is 2.41. The molecule has 0 radical (unpaired) electrons. The maximum absolute atomic E-state index is 13.8. The Morgan fingerprint density at radius 3 is 2.71 bits per heavy atom. The van der Waals surface area contributed by atoms with Crippen LogP contribution in [0.1, 0.15) is 11.1 Å². The smallest absolute Gasteiger partial charge is 0.281 e. The van der Waals surface area contributed by atoms with Crippen LogP contribution in [0.25, 0.3) is 6.08 Å². The molecule has 0 bridgehead atoms. The largest absolute Gasteiger partial charge is 0.327 e. The highest BCUT2D eigenvalue weighted by Crippen LogP contribution is 2.28. The molecule has 1 amide bonds. The first kappa shape index (κ1) is 16.5. The summed E-state index contributed by atoms with van der Waals surface area (Å²) >= 11 is 11.1. The molecule has 0 aromatic heterocycles. The van der Waals surface area contributed by atoms with Gasteiger partial charge in [0.25, 0.3) is 5.91 Å². The van der Waals surface area contributed by atoms with Crippen LogP contribution in [0, 0.1) is 18.6 Å². The molecular formula is C17H11ClF2N2OS. The van der Waals surface area contributed by atoms with Crippen molar-refractivity contribution in [3.05, 3.63) is 69.9 Å². The van der Waals surface area contributed by atoms with Crippen molar-refractivity contribution in [2.24, 2.45) is 0 Å². The Morgan fingerprint density at radius 1 is 1.25 bits per heavy atom. The van der Waals surface area contributed by atoms with Crippen LogP contribution in [0.4, 0.5) is 14.5 Å². The van der Waals surface area contributed by atoms with E-state index in [4.69, 9.17) is 23.8 Å². The SMILES string of the molecule is Cc1cc(Cl)ccc1N1C(=O)/C(=C/c2cccc(F)c2F)NC1=S. The van der Waals surface area contributed by atoms with Gasteiger partial charge in [-0.05, 0) is 55.0 Å². The molecule has 7 heteroatoms. The van der Waals surface area contributed by atoms with Gasteiger partial charge in [-0.1, -0.05) is 23.7 Å². The molecule has 0 unspecified atom stereocenters. The van der Waals surface area contributed by atoms with Crippen LogP contribution in [0.15, 0.2) is 42.1 Å². The Bertz CT molecular complexity index is 898. The number of aryl methyl sites for hydroxylation is 1. The molecule has 122 valence electrons. The molecule has 1 aliphatic heterocycles. The van der Waals surface area contributed by atoms with Gasteiger partial charge in [0.2, 0.25) is 0 Å². The lowest BCUT2D eigenvalue weighted by Gasteiger charge is -2.16. The van der Waals surface area contributed by atoms with Gasteiger partial charge in [-0.15, -0.1) is 0 Å². The van der Waals surface area contributed by atoms with Crippen molar-refractivity contribution < 1.29 is 13.6 Å². The Labute approximate surface area is 147 Å². The fourth-order valence-corrected chi connectivity index (χ4v) is 2.93. The van der Waals surface area contributed by atoms with Crippen LogP contribution < -0.4 is 10.2 Å². The summed E-state index contributed by atoms with van der Waals surface area (Å²) in [5.41, 5.74) is 1.37. The number of anilines is 1. The first-order chi connectivity index (χ1) is 11.4. The van der Waals surface area contributed by atoms with Crippen molar-refractivity contribution in [3.8, 4) is 0 Å². The van der Waals surface area contributed by atoms with Crippen LogP contribution in [0.5, 0.6) is 0 Å². The van der Waals surface area contributed by atoms with Gasteiger partial charge in [0, 0.05) is 10.6 Å². The zero-order chi connectivity index (χ0) is 17.4. The summed E-state index contributed by atoms with van der Waals surface area (Å²) in [6.07, 6.45) is 1.23. The molecule has 2 aromatic carbocycles. The first-order valence-electron chi connectivity index (χ1n) is 6.96. The second kappa shape index (κ2) is 6.30.